The molecule has 0 spiro atoms. The normalized spacial score (nSPS) is 23.9. The Kier molecular flexibility index (Phi) is 4.36. The SMILES string of the molecule is C[C@@H]1CN(c2cccc3oc(-c4cnc5ccc(OC6CC(N)C6)nn45)cc23)CCO1. The first kappa shape index (κ1) is 18.7. The molecule has 160 valence electrons. The number of hydrogen-bond acceptors (Lipinski definition) is 7. The number of hydrogen-bond donors (Lipinski definition) is 1. The van der Waals surface area contributed by atoms with E-state index >= 15 is 0 Å². The van der Waals surface area contributed by atoms with Crippen molar-refractivity contribution in [3.8, 4) is 17.3 Å². The van der Waals surface area contributed by atoms with E-state index in [4.69, 9.17) is 19.6 Å². The summed E-state index contributed by atoms with van der Waals surface area (Å²) in [6.07, 6.45) is 3.87. The lowest BCUT2D eigenvalue weighted by Gasteiger charge is -2.33. The summed E-state index contributed by atoms with van der Waals surface area (Å²) >= 11 is 0. The highest BCUT2D eigenvalue weighted by atomic mass is 16.5. The predicted octanol–water partition coefficient (Wildman–Crippen LogP) is 3.24. The first-order valence-corrected chi connectivity index (χ1v) is 10.8. The first-order valence-electron chi connectivity index (χ1n) is 10.8. The first-order chi connectivity index (χ1) is 15.1. The lowest BCUT2D eigenvalue weighted by Crippen LogP contribution is -2.43. The number of morpholine rings is 1. The Morgan fingerprint density at radius 2 is 2.10 bits per heavy atom. The van der Waals surface area contributed by atoms with Gasteiger partial charge in [-0.05, 0) is 44.0 Å². The molecular formula is C23H25N5O3. The Hall–Kier alpha value is -3.10. The Morgan fingerprint density at radius 1 is 1.19 bits per heavy atom. The Morgan fingerprint density at radius 3 is 2.94 bits per heavy atom. The number of imidazole rings is 1. The maximum absolute atomic E-state index is 6.23. The molecule has 8 nitrogen and oxygen atoms in total. The number of fused-ring (bicyclic) bond motifs is 2. The smallest absolute Gasteiger partial charge is 0.232 e. The summed E-state index contributed by atoms with van der Waals surface area (Å²) in [7, 11) is 0. The van der Waals surface area contributed by atoms with Gasteiger partial charge >= 0.3 is 0 Å². The van der Waals surface area contributed by atoms with Gasteiger partial charge in [0, 0.05) is 36.3 Å². The topological polar surface area (TPSA) is 91.0 Å². The monoisotopic (exact) mass is 419 g/mol. The van der Waals surface area contributed by atoms with E-state index < -0.39 is 0 Å². The van der Waals surface area contributed by atoms with Gasteiger partial charge in [0.2, 0.25) is 5.88 Å². The van der Waals surface area contributed by atoms with Crippen molar-refractivity contribution in [3.63, 3.8) is 0 Å². The van der Waals surface area contributed by atoms with Crippen LogP contribution in [0.15, 0.2) is 47.0 Å². The molecule has 3 aromatic heterocycles. The van der Waals surface area contributed by atoms with Crippen molar-refractivity contribution in [3.05, 3.63) is 42.6 Å². The molecule has 1 atom stereocenters. The van der Waals surface area contributed by atoms with Crippen LogP contribution in [0.5, 0.6) is 5.88 Å². The summed E-state index contributed by atoms with van der Waals surface area (Å²) in [4.78, 5) is 6.85. The predicted molar refractivity (Wildman–Crippen MR) is 117 cm³/mol. The quantitative estimate of drug-likeness (QED) is 0.543. The van der Waals surface area contributed by atoms with Crippen LogP contribution < -0.4 is 15.4 Å². The molecular weight excluding hydrogens is 394 g/mol. The molecule has 2 fully saturated rings. The molecule has 6 rings (SSSR count). The van der Waals surface area contributed by atoms with Gasteiger partial charge in [-0.25, -0.2) is 9.50 Å². The zero-order valence-corrected chi connectivity index (χ0v) is 17.4. The Bertz CT molecular complexity index is 1240. The molecule has 1 saturated carbocycles. The third-order valence-electron chi connectivity index (χ3n) is 6.13. The fraction of sp³-hybridized carbons (Fsp3) is 0.391. The van der Waals surface area contributed by atoms with Gasteiger partial charge < -0.3 is 24.5 Å². The van der Waals surface area contributed by atoms with Gasteiger partial charge in [-0.1, -0.05) is 6.07 Å². The van der Waals surface area contributed by atoms with Crippen molar-refractivity contribution in [2.24, 2.45) is 5.73 Å². The fourth-order valence-corrected chi connectivity index (χ4v) is 4.45. The highest BCUT2D eigenvalue weighted by Crippen LogP contribution is 2.35. The Balaban J connectivity index is 1.37. The molecule has 2 aliphatic rings. The van der Waals surface area contributed by atoms with Crippen molar-refractivity contribution < 1.29 is 13.9 Å². The van der Waals surface area contributed by atoms with Crippen LogP contribution >= 0.6 is 0 Å². The average Bonchev–Trinajstić information content (AvgIpc) is 3.36. The molecule has 1 saturated heterocycles. The van der Waals surface area contributed by atoms with Crippen LogP contribution in [0.3, 0.4) is 0 Å². The number of ether oxygens (including phenoxy) is 2. The summed E-state index contributed by atoms with van der Waals surface area (Å²) in [6.45, 7) is 4.57. The van der Waals surface area contributed by atoms with Gasteiger partial charge in [-0.2, -0.15) is 0 Å². The van der Waals surface area contributed by atoms with Crippen LogP contribution in [-0.2, 0) is 4.74 Å². The molecule has 1 aromatic carbocycles. The van der Waals surface area contributed by atoms with Crippen LogP contribution in [-0.4, -0.2) is 52.5 Å². The van der Waals surface area contributed by atoms with E-state index in [-0.39, 0.29) is 18.2 Å². The molecule has 0 amide bonds. The van der Waals surface area contributed by atoms with Crippen LogP contribution in [0, 0.1) is 0 Å². The van der Waals surface area contributed by atoms with Gasteiger partial charge in [0.1, 0.15) is 17.4 Å². The second-order valence-corrected chi connectivity index (χ2v) is 8.48. The lowest BCUT2D eigenvalue weighted by molar-refractivity contribution is 0.0533. The molecule has 0 radical (unpaired) electrons. The number of furan rings is 1. The van der Waals surface area contributed by atoms with E-state index in [1.54, 1.807) is 10.7 Å². The summed E-state index contributed by atoms with van der Waals surface area (Å²) in [6, 6.07) is 12.2. The van der Waals surface area contributed by atoms with E-state index in [0.29, 0.717) is 5.88 Å². The standard InChI is InChI=1S/C23H25N5O3/c1-14-13-27(7-8-29-14)18-3-2-4-20-17(18)11-21(31-20)19-12-25-22-5-6-23(26-28(19)22)30-16-9-15(24)10-16/h2-6,11-12,14-16H,7-10,13,24H2,1H3/t14-,15?,16?/m1/s1. The minimum absolute atomic E-state index is 0.136. The number of nitrogens with zero attached hydrogens (tertiary/aromatic N) is 4. The molecule has 4 heterocycles. The highest BCUT2D eigenvalue weighted by molar-refractivity contribution is 5.94. The van der Waals surface area contributed by atoms with Crippen molar-refractivity contribution in [1.29, 1.82) is 0 Å². The molecule has 0 unspecified atom stereocenters. The number of aromatic nitrogens is 3. The van der Waals surface area contributed by atoms with Gasteiger partial charge in [0.25, 0.3) is 0 Å². The maximum atomic E-state index is 6.23. The van der Waals surface area contributed by atoms with Gasteiger partial charge in [0.05, 0.1) is 18.9 Å². The number of benzene rings is 1. The van der Waals surface area contributed by atoms with E-state index in [1.807, 2.05) is 24.3 Å². The van der Waals surface area contributed by atoms with Crippen molar-refractivity contribution in [2.45, 2.75) is 38.0 Å². The van der Waals surface area contributed by atoms with E-state index in [0.717, 1.165) is 66.3 Å². The molecule has 1 aliphatic carbocycles. The fourth-order valence-electron chi connectivity index (χ4n) is 4.45. The number of anilines is 1. The zero-order chi connectivity index (χ0) is 20.9. The Labute approximate surface area is 179 Å². The van der Waals surface area contributed by atoms with Gasteiger partial charge in [-0.3, -0.25) is 0 Å². The largest absolute Gasteiger partial charge is 0.473 e. The minimum atomic E-state index is 0.136. The van der Waals surface area contributed by atoms with Gasteiger partial charge in [-0.15, -0.1) is 5.10 Å². The summed E-state index contributed by atoms with van der Waals surface area (Å²) in [5, 5.41) is 5.74. The summed E-state index contributed by atoms with van der Waals surface area (Å²) in [5.74, 6) is 1.30. The molecule has 4 aromatic rings. The van der Waals surface area contributed by atoms with Crippen molar-refractivity contribution >= 4 is 22.3 Å². The van der Waals surface area contributed by atoms with Crippen LogP contribution in [0.25, 0.3) is 28.1 Å². The van der Waals surface area contributed by atoms with Crippen molar-refractivity contribution in [1.82, 2.24) is 14.6 Å². The summed E-state index contributed by atoms with van der Waals surface area (Å²) in [5.41, 5.74) is 9.42. The number of rotatable bonds is 4. The van der Waals surface area contributed by atoms with E-state index in [1.165, 1.54) is 0 Å². The summed E-state index contributed by atoms with van der Waals surface area (Å²) < 4.78 is 19.7. The van der Waals surface area contributed by atoms with E-state index in [9.17, 15) is 0 Å². The lowest BCUT2D eigenvalue weighted by atomic mass is 9.90. The van der Waals surface area contributed by atoms with Crippen LogP contribution in [0.1, 0.15) is 19.8 Å². The third kappa shape index (κ3) is 3.32. The molecule has 1 aliphatic heterocycles. The highest BCUT2D eigenvalue weighted by Gasteiger charge is 2.28. The second-order valence-electron chi connectivity index (χ2n) is 8.48. The molecule has 2 N–H and O–H groups in total. The molecule has 8 heteroatoms. The average molecular weight is 419 g/mol. The minimum Gasteiger partial charge on any atom is -0.473 e. The number of nitrogens with two attached hydrogens (primary N) is 1. The molecule has 0 bridgehead atoms. The van der Waals surface area contributed by atoms with Crippen LogP contribution in [0.4, 0.5) is 5.69 Å². The van der Waals surface area contributed by atoms with Gasteiger partial charge in [0.15, 0.2) is 11.4 Å². The third-order valence-corrected chi connectivity index (χ3v) is 6.13. The second kappa shape index (κ2) is 7.25. The van der Waals surface area contributed by atoms with E-state index in [2.05, 4.69) is 34.0 Å². The maximum Gasteiger partial charge on any atom is 0.232 e. The molecule has 31 heavy (non-hydrogen) atoms. The van der Waals surface area contributed by atoms with Crippen LogP contribution in [0.2, 0.25) is 0 Å². The van der Waals surface area contributed by atoms with Crippen molar-refractivity contribution in [2.75, 3.05) is 24.6 Å². The zero-order valence-electron chi connectivity index (χ0n) is 17.4.